The van der Waals surface area contributed by atoms with E-state index in [0.717, 1.165) is 6.42 Å². The molecule has 1 aliphatic heterocycles. The largest absolute Gasteiger partial charge is 0.354 e. The fourth-order valence-corrected chi connectivity index (χ4v) is 3.19. The van der Waals surface area contributed by atoms with Crippen molar-refractivity contribution in [3.05, 3.63) is 0 Å². The summed E-state index contributed by atoms with van der Waals surface area (Å²) in [6.07, 6.45) is 2.65. The van der Waals surface area contributed by atoms with Crippen molar-refractivity contribution in [3.8, 4) is 0 Å². The molecule has 1 rings (SSSR count). The van der Waals surface area contributed by atoms with Gasteiger partial charge in [0, 0.05) is 31.6 Å². The average Bonchev–Trinajstić information content (AvgIpc) is 2.55. The molecule has 3 N–H and O–H groups in total. The molecule has 1 heterocycles. The number of rotatable bonds is 7. The first-order chi connectivity index (χ1) is 12.5. The third kappa shape index (κ3) is 8.63. The van der Waals surface area contributed by atoms with Gasteiger partial charge < -0.3 is 20.9 Å². The van der Waals surface area contributed by atoms with Gasteiger partial charge in [0.25, 0.3) is 0 Å². The maximum absolute atomic E-state index is 12.6. The maximum atomic E-state index is 12.6. The summed E-state index contributed by atoms with van der Waals surface area (Å²) in [4.78, 5) is 39.0. The Morgan fingerprint density at radius 2 is 1.70 bits per heavy atom. The summed E-state index contributed by atoms with van der Waals surface area (Å²) in [5.74, 6) is 0.0741. The lowest BCUT2D eigenvalue weighted by molar-refractivity contribution is -0.131. The fourth-order valence-electron chi connectivity index (χ4n) is 3.19. The number of nitrogens with one attached hydrogen (secondary N) is 3. The van der Waals surface area contributed by atoms with Crippen LogP contribution in [0.25, 0.3) is 0 Å². The lowest BCUT2D eigenvalue weighted by Crippen LogP contribution is -2.56. The van der Waals surface area contributed by atoms with Crippen LogP contribution < -0.4 is 16.0 Å². The number of piperidine rings is 1. The molecular weight excluding hydrogens is 344 g/mol. The van der Waals surface area contributed by atoms with Gasteiger partial charge >= 0.3 is 6.03 Å². The summed E-state index contributed by atoms with van der Waals surface area (Å²) < 4.78 is 0. The fraction of sp³-hybridized carbons (Fsp3) is 0.850. The molecule has 0 aromatic rings. The molecule has 0 aromatic heterocycles. The molecule has 7 nitrogen and oxygen atoms in total. The summed E-state index contributed by atoms with van der Waals surface area (Å²) >= 11 is 0. The summed E-state index contributed by atoms with van der Waals surface area (Å²) in [7, 11) is 0. The molecule has 1 atom stereocenters. The van der Waals surface area contributed by atoms with E-state index in [2.05, 4.69) is 16.0 Å². The third-order valence-corrected chi connectivity index (χ3v) is 4.52. The van der Waals surface area contributed by atoms with Crippen LogP contribution in [0.4, 0.5) is 4.79 Å². The molecule has 0 aromatic carbocycles. The van der Waals surface area contributed by atoms with E-state index in [-0.39, 0.29) is 35.2 Å². The van der Waals surface area contributed by atoms with E-state index in [1.807, 2.05) is 41.5 Å². The van der Waals surface area contributed by atoms with Crippen molar-refractivity contribution in [3.63, 3.8) is 0 Å². The molecule has 0 aliphatic carbocycles. The topological polar surface area (TPSA) is 90.5 Å². The van der Waals surface area contributed by atoms with Gasteiger partial charge in [-0.2, -0.15) is 0 Å². The smallest absolute Gasteiger partial charge is 0.317 e. The van der Waals surface area contributed by atoms with Gasteiger partial charge in [0.1, 0.15) is 6.04 Å². The van der Waals surface area contributed by atoms with Gasteiger partial charge in [0.15, 0.2) is 0 Å². The molecular formula is C20H38N4O3. The predicted molar refractivity (Wildman–Crippen MR) is 107 cm³/mol. The van der Waals surface area contributed by atoms with Gasteiger partial charge in [-0.05, 0) is 51.9 Å². The molecule has 0 radical (unpaired) electrons. The zero-order chi connectivity index (χ0) is 20.6. The first-order valence-electron chi connectivity index (χ1n) is 10.2. The molecule has 156 valence electrons. The first-order valence-corrected chi connectivity index (χ1v) is 10.2. The standard InChI is InChI=1S/C20H38N4O3/c1-7-10-21-18(26)17(22-16(25)13-14(2)3)15-8-11-24(12-9-15)19(27)23-20(4,5)6/h14-15,17H,7-13H2,1-6H3,(H,21,26)(H,22,25)(H,23,27). The first kappa shape index (κ1) is 23.2. The quantitative estimate of drug-likeness (QED) is 0.631. The number of likely N-dealkylation sites (tertiary alicyclic amines) is 1. The summed E-state index contributed by atoms with van der Waals surface area (Å²) in [6, 6.07) is -0.604. The van der Waals surface area contributed by atoms with Crippen molar-refractivity contribution in [1.29, 1.82) is 0 Å². The van der Waals surface area contributed by atoms with Crippen LogP contribution >= 0.6 is 0 Å². The zero-order valence-electron chi connectivity index (χ0n) is 17.9. The van der Waals surface area contributed by atoms with Gasteiger partial charge in [-0.15, -0.1) is 0 Å². The van der Waals surface area contributed by atoms with E-state index in [1.165, 1.54) is 0 Å². The second-order valence-electron chi connectivity index (χ2n) is 8.94. The zero-order valence-corrected chi connectivity index (χ0v) is 17.9. The number of hydrogen-bond acceptors (Lipinski definition) is 3. The van der Waals surface area contributed by atoms with Crippen LogP contribution in [0.3, 0.4) is 0 Å². The second kappa shape index (κ2) is 10.5. The molecule has 0 bridgehead atoms. The van der Waals surface area contributed by atoms with Crippen molar-refractivity contribution in [2.75, 3.05) is 19.6 Å². The number of amides is 4. The van der Waals surface area contributed by atoms with Gasteiger partial charge in [-0.1, -0.05) is 20.8 Å². The lowest BCUT2D eigenvalue weighted by Gasteiger charge is -2.37. The molecule has 0 spiro atoms. The van der Waals surface area contributed by atoms with Gasteiger partial charge in [-0.25, -0.2) is 4.79 Å². The Kier molecular flexibility index (Phi) is 9.06. The van der Waals surface area contributed by atoms with Crippen LogP contribution in [0.2, 0.25) is 0 Å². The van der Waals surface area contributed by atoms with Crippen LogP contribution in [0.1, 0.15) is 67.2 Å². The highest BCUT2D eigenvalue weighted by Gasteiger charge is 2.34. The highest BCUT2D eigenvalue weighted by molar-refractivity contribution is 5.88. The molecule has 0 saturated carbocycles. The van der Waals surface area contributed by atoms with Gasteiger partial charge in [-0.3, -0.25) is 9.59 Å². The predicted octanol–water partition coefficient (Wildman–Crippen LogP) is 2.26. The summed E-state index contributed by atoms with van der Waals surface area (Å²) in [5, 5.41) is 8.82. The van der Waals surface area contributed by atoms with Gasteiger partial charge in [0.05, 0.1) is 0 Å². The van der Waals surface area contributed by atoms with E-state index in [0.29, 0.717) is 38.9 Å². The number of carbonyl (C=O) groups excluding carboxylic acids is 3. The van der Waals surface area contributed by atoms with E-state index < -0.39 is 6.04 Å². The molecule has 27 heavy (non-hydrogen) atoms. The molecule has 7 heteroatoms. The normalized spacial score (nSPS) is 16.8. The average molecular weight is 383 g/mol. The van der Waals surface area contributed by atoms with Crippen LogP contribution in [0.5, 0.6) is 0 Å². The molecule has 4 amide bonds. The Morgan fingerprint density at radius 3 is 2.19 bits per heavy atom. The van der Waals surface area contributed by atoms with Crippen molar-refractivity contribution in [1.82, 2.24) is 20.9 Å². The molecule has 1 saturated heterocycles. The van der Waals surface area contributed by atoms with E-state index in [9.17, 15) is 14.4 Å². The summed E-state index contributed by atoms with van der Waals surface area (Å²) in [6.45, 7) is 13.6. The van der Waals surface area contributed by atoms with E-state index in [4.69, 9.17) is 0 Å². The number of nitrogens with zero attached hydrogens (tertiary/aromatic N) is 1. The third-order valence-electron chi connectivity index (χ3n) is 4.52. The SMILES string of the molecule is CCCNC(=O)C(NC(=O)CC(C)C)C1CCN(C(=O)NC(C)(C)C)CC1. The number of urea groups is 1. The Labute approximate surface area is 164 Å². The van der Waals surface area contributed by atoms with Crippen LogP contribution in [0.15, 0.2) is 0 Å². The van der Waals surface area contributed by atoms with Crippen molar-refractivity contribution < 1.29 is 14.4 Å². The molecule has 1 unspecified atom stereocenters. The van der Waals surface area contributed by atoms with E-state index >= 15 is 0 Å². The highest BCUT2D eigenvalue weighted by atomic mass is 16.2. The van der Waals surface area contributed by atoms with Crippen LogP contribution in [0, 0.1) is 11.8 Å². The Bertz CT molecular complexity index is 506. The molecule has 1 fully saturated rings. The highest BCUT2D eigenvalue weighted by Crippen LogP contribution is 2.22. The number of hydrogen-bond donors (Lipinski definition) is 3. The van der Waals surface area contributed by atoms with Gasteiger partial charge in [0.2, 0.25) is 11.8 Å². The van der Waals surface area contributed by atoms with Crippen molar-refractivity contribution in [2.45, 2.75) is 78.8 Å². The maximum Gasteiger partial charge on any atom is 0.317 e. The van der Waals surface area contributed by atoms with Crippen molar-refractivity contribution >= 4 is 17.8 Å². The Morgan fingerprint density at radius 1 is 1.11 bits per heavy atom. The second-order valence-corrected chi connectivity index (χ2v) is 8.94. The van der Waals surface area contributed by atoms with Crippen molar-refractivity contribution in [2.24, 2.45) is 11.8 Å². The lowest BCUT2D eigenvalue weighted by atomic mass is 9.88. The van der Waals surface area contributed by atoms with Crippen LogP contribution in [-0.2, 0) is 9.59 Å². The monoisotopic (exact) mass is 382 g/mol. The minimum Gasteiger partial charge on any atom is -0.354 e. The Hall–Kier alpha value is -1.79. The molecule has 1 aliphatic rings. The Balaban J connectivity index is 2.70. The minimum atomic E-state index is -0.532. The number of carbonyl (C=O) groups is 3. The van der Waals surface area contributed by atoms with E-state index in [1.54, 1.807) is 4.90 Å². The summed E-state index contributed by atoms with van der Waals surface area (Å²) in [5.41, 5.74) is -0.276. The van der Waals surface area contributed by atoms with Crippen LogP contribution in [-0.4, -0.2) is 54.0 Å². The minimum absolute atomic E-state index is 0.0386.